The van der Waals surface area contributed by atoms with Gasteiger partial charge in [-0.05, 0) is 18.8 Å². The number of pyridine rings is 1. The Kier molecular flexibility index (Phi) is 4.72. The van der Waals surface area contributed by atoms with Gasteiger partial charge in [-0.2, -0.15) is 22.5 Å². The van der Waals surface area contributed by atoms with Crippen LogP contribution in [0.2, 0.25) is 0 Å². The molecule has 1 aromatic rings. The molecule has 0 aliphatic heterocycles. The van der Waals surface area contributed by atoms with Gasteiger partial charge in [-0.3, -0.25) is 0 Å². The number of halogens is 4. The zero-order valence-corrected chi connectivity index (χ0v) is 9.57. The third-order valence-electron chi connectivity index (χ3n) is 2.13. The van der Waals surface area contributed by atoms with E-state index in [-0.39, 0.29) is 6.61 Å². The van der Waals surface area contributed by atoms with Gasteiger partial charge < -0.3 is 4.74 Å². The van der Waals surface area contributed by atoms with Crippen LogP contribution in [-0.2, 0) is 0 Å². The van der Waals surface area contributed by atoms with Gasteiger partial charge in [-0.1, -0.05) is 13.8 Å². The molecule has 0 N–H and O–H groups in total. The van der Waals surface area contributed by atoms with E-state index in [1.54, 1.807) is 0 Å². The zero-order valence-electron chi connectivity index (χ0n) is 9.57. The van der Waals surface area contributed by atoms with E-state index < -0.39 is 29.3 Å². The molecule has 0 aliphatic carbocycles. The highest BCUT2D eigenvalue weighted by atomic mass is 19.2. The summed E-state index contributed by atoms with van der Waals surface area (Å²) in [6.45, 7) is 3.95. The zero-order chi connectivity index (χ0) is 13.0. The molecule has 1 aromatic heterocycles. The van der Waals surface area contributed by atoms with Gasteiger partial charge in [0.25, 0.3) is 11.9 Å². The number of ether oxygens (including phenoxy) is 1. The summed E-state index contributed by atoms with van der Waals surface area (Å²) in [4.78, 5) is 2.43. The van der Waals surface area contributed by atoms with Crippen molar-refractivity contribution in [1.29, 1.82) is 0 Å². The third kappa shape index (κ3) is 3.57. The maximum absolute atomic E-state index is 13.1. The van der Waals surface area contributed by atoms with Crippen molar-refractivity contribution in [3.63, 3.8) is 0 Å². The number of hydrogen-bond donors (Lipinski definition) is 0. The first-order chi connectivity index (χ1) is 7.93. The first-order valence-corrected chi connectivity index (χ1v) is 5.26. The van der Waals surface area contributed by atoms with Crippen molar-refractivity contribution in [2.75, 3.05) is 6.61 Å². The van der Waals surface area contributed by atoms with Crippen molar-refractivity contribution in [2.24, 2.45) is 5.92 Å². The molecule has 17 heavy (non-hydrogen) atoms. The molecule has 1 heterocycles. The van der Waals surface area contributed by atoms with Crippen LogP contribution in [-0.4, -0.2) is 11.6 Å². The van der Waals surface area contributed by atoms with E-state index in [9.17, 15) is 17.6 Å². The molecule has 0 spiro atoms. The molecule has 0 atom stereocenters. The fraction of sp³-hybridized carbons (Fsp3) is 0.545. The predicted molar refractivity (Wildman–Crippen MR) is 53.6 cm³/mol. The Morgan fingerprint density at radius 2 is 1.59 bits per heavy atom. The van der Waals surface area contributed by atoms with Crippen molar-refractivity contribution in [1.82, 2.24) is 4.98 Å². The van der Waals surface area contributed by atoms with Crippen LogP contribution in [0.15, 0.2) is 0 Å². The summed E-state index contributed by atoms with van der Waals surface area (Å²) in [5.41, 5.74) is 0. The quantitative estimate of drug-likeness (QED) is 0.454. The minimum atomic E-state index is -1.71. The second-order valence-corrected chi connectivity index (χ2v) is 4.04. The lowest BCUT2D eigenvalue weighted by molar-refractivity contribution is 0.253. The van der Waals surface area contributed by atoms with Crippen LogP contribution < -0.4 is 4.74 Å². The Morgan fingerprint density at radius 3 is 2.06 bits per heavy atom. The highest BCUT2D eigenvalue weighted by molar-refractivity contribution is 5.24. The van der Waals surface area contributed by atoms with Crippen molar-refractivity contribution in [2.45, 2.75) is 26.7 Å². The molecule has 0 unspecified atom stereocenters. The van der Waals surface area contributed by atoms with Gasteiger partial charge in [0.1, 0.15) is 0 Å². The van der Waals surface area contributed by atoms with Gasteiger partial charge in [0.05, 0.1) is 6.61 Å². The maximum Gasteiger partial charge on any atom is 0.255 e. The van der Waals surface area contributed by atoms with E-state index >= 15 is 0 Å². The Balaban J connectivity index is 2.70. The summed E-state index contributed by atoms with van der Waals surface area (Å²) in [6.07, 6.45) is 1.33. The van der Waals surface area contributed by atoms with Crippen molar-refractivity contribution < 1.29 is 22.3 Å². The molecular formula is C11H13F4NO. The molecule has 0 bridgehead atoms. The number of hydrogen-bond acceptors (Lipinski definition) is 2. The Hall–Kier alpha value is -1.33. The summed E-state index contributed by atoms with van der Waals surface area (Å²) in [5, 5.41) is 0. The van der Waals surface area contributed by atoms with Gasteiger partial charge in [-0.15, -0.1) is 0 Å². The molecule has 0 radical (unpaired) electrons. The molecule has 96 valence electrons. The topological polar surface area (TPSA) is 22.1 Å². The van der Waals surface area contributed by atoms with E-state index in [1.165, 1.54) is 0 Å². The van der Waals surface area contributed by atoms with Gasteiger partial charge >= 0.3 is 0 Å². The molecular weight excluding hydrogens is 238 g/mol. The third-order valence-corrected chi connectivity index (χ3v) is 2.13. The van der Waals surface area contributed by atoms with Gasteiger partial charge in [0, 0.05) is 0 Å². The van der Waals surface area contributed by atoms with Crippen LogP contribution in [0.25, 0.3) is 0 Å². The molecule has 0 aliphatic rings. The lowest BCUT2D eigenvalue weighted by atomic mass is 10.1. The Morgan fingerprint density at radius 1 is 1.06 bits per heavy atom. The highest BCUT2D eigenvalue weighted by Crippen LogP contribution is 2.24. The average molecular weight is 251 g/mol. The molecule has 0 saturated carbocycles. The highest BCUT2D eigenvalue weighted by Gasteiger charge is 2.21. The van der Waals surface area contributed by atoms with Crippen molar-refractivity contribution in [3.05, 3.63) is 23.5 Å². The van der Waals surface area contributed by atoms with Crippen molar-refractivity contribution in [3.8, 4) is 5.75 Å². The Bertz CT molecular complexity index is 369. The monoisotopic (exact) mass is 251 g/mol. The van der Waals surface area contributed by atoms with Gasteiger partial charge in [-0.25, -0.2) is 0 Å². The first-order valence-electron chi connectivity index (χ1n) is 5.26. The van der Waals surface area contributed by atoms with Crippen LogP contribution in [0.1, 0.15) is 26.7 Å². The lowest BCUT2D eigenvalue weighted by Gasteiger charge is -2.09. The van der Waals surface area contributed by atoms with E-state index in [2.05, 4.69) is 4.98 Å². The molecule has 0 fully saturated rings. The SMILES string of the molecule is CC(C)CCCOc1c(F)c(F)nc(F)c1F. The number of nitrogens with zero attached hydrogens (tertiary/aromatic N) is 1. The van der Waals surface area contributed by atoms with Crippen LogP contribution in [0.5, 0.6) is 5.75 Å². The smallest absolute Gasteiger partial charge is 0.255 e. The largest absolute Gasteiger partial charge is 0.487 e. The fourth-order valence-electron chi connectivity index (χ4n) is 1.26. The molecule has 1 rings (SSSR count). The van der Waals surface area contributed by atoms with Crippen LogP contribution >= 0.6 is 0 Å². The van der Waals surface area contributed by atoms with E-state index in [1.807, 2.05) is 13.8 Å². The van der Waals surface area contributed by atoms with E-state index in [0.29, 0.717) is 12.3 Å². The lowest BCUT2D eigenvalue weighted by Crippen LogP contribution is -2.08. The second-order valence-electron chi connectivity index (χ2n) is 4.04. The number of aromatic nitrogens is 1. The minimum Gasteiger partial charge on any atom is -0.487 e. The molecule has 0 amide bonds. The maximum atomic E-state index is 13.1. The molecule has 0 saturated heterocycles. The summed E-state index contributed by atoms with van der Waals surface area (Å²) in [7, 11) is 0. The van der Waals surface area contributed by atoms with Crippen LogP contribution in [0.4, 0.5) is 17.6 Å². The van der Waals surface area contributed by atoms with Gasteiger partial charge in [0.2, 0.25) is 11.6 Å². The van der Waals surface area contributed by atoms with Crippen molar-refractivity contribution >= 4 is 0 Å². The predicted octanol–water partition coefficient (Wildman–Crippen LogP) is 3.45. The minimum absolute atomic E-state index is 0.00505. The van der Waals surface area contributed by atoms with E-state index in [0.717, 1.165) is 6.42 Å². The summed E-state index contributed by atoms with van der Waals surface area (Å²) in [6, 6.07) is 0. The summed E-state index contributed by atoms with van der Waals surface area (Å²) >= 11 is 0. The number of rotatable bonds is 5. The first kappa shape index (κ1) is 13.7. The molecule has 0 aromatic carbocycles. The Labute approximate surface area is 96.6 Å². The fourth-order valence-corrected chi connectivity index (χ4v) is 1.26. The normalized spacial score (nSPS) is 11.0. The van der Waals surface area contributed by atoms with E-state index in [4.69, 9.17) is 4.74 Å². The van der Waals surface area contributed by atoms with Crippen LogP contribution in [0, 0.1) is 29.4 Å². The molecule has 6 heteroatoms. The molecule has 2 nitrogen and oxygen atoms in total. The van der Waals surface area contributed by atoms with Crippen LogP contribution in [0.3, 0.4) is 0 Å². The summed E-state index contributed by atoms with van der Waals surface area (Å²) < 4.78 is 56.2. The second kappa shape index (κ2) is 5.84. The standard InChI is InChI=1S/C11H13F4NO/c1-6(2)4-3-5-17-9-7(12)10(14)16-11(15)8(9)13/h6H,3-5H2,1-2H3. The summed E-state index contributed by atoms with van der Waals surface area (Å²) in [5.74, 6) is -7.25. The average Bonchev–Trinajstić information content (AvgIpc) is 2.25. The van der Waals surface area contributed by atoms with Gasteiger partial charge in [0.15, 0.2) is 5.75 Å².